The number of hydrogen-bond donors (Lipinski definition) is 1. The number of methoxy groups -OCH3 is 2. The number of likely N-dealkylation sites (tertiary alicyclic amines) is 1. The highest BCUT2D eigenvalue weighted by molar-refractivity contribution is 6.46. The monoisotopic (exact) mass is 552 g/mol. The molecule has 9 nitrogen and oxygen atoms in total. The molecule has 2 aromatic rings. The van der Waals surface area contributed by atoms with E-state index in [1.165, 1.54) is 16.9 Å². The summed E-state index contributed by atoms with van der Waals surface area (Å²) in [5.74, 6) is -0.191. The van der Waals surface area contributed by atoms with Crippen molar-refractivity contribution < 1.29 is 38.5 Å². The smallest absolute Gasteiger partial charge is 0.295 e. The zero-order valence-corrected chi connectivity index (χ0v) is 23.9. The number of ketones is 1. The molecule has 4 rings (SSSR count). The number of hydrogen-bond acceptors (Lipinski definition) is 7. The van der Waals surface area contributed by atoms with Crippen molar-refractivity contribution in [2.24, 2.45) is 0 Å². The number of aryl methyl sites for hydroxylation is 1. The molecule has 0 aromatic heterocycles. The van der Waals surface area contributed by atoms with Crippen molar-refractivity contribution in [1.29, 1.82) is 0 Å². The summed E-state index contributed by atoms with van der Waals surface area (Å²) in [5, 5.41) is 13.9. The number of ether oxygens (including phenoxy) is 4. The fourth-order valence-electron chi connectivity index (χ4n) is 5.31. The molecule has 1 N–H and O–H groups in total. The van der Waals surface area contributed by atoms with Crippen molar-refractivity contribution in [2.75, 3.05) is 60.2 Å². The Hall–Kier alpha value is -3.56. The van der Waals surface area contributed by atoms with E-state index in [1.807, 2.05) is 6.92 Å². The van der Waals surface area contributed by atoms with Crippen LogP contribution in [0.25, 0.3) is 5.76 Å². The zero-order valence-electron chi connectivity index (χ0n) is 23.9. The molecule has 1 amide bonds. The summed E-state index contributed by atoms with van der Waals surface area (Å²) in [4.78, 5) is 29.7. The normalized spacial score (nSPS) is 19.2. The van der Waals surface area contributed by atoms with Crippen molar-refractivity contribution >= 4 is 17.4 Å². The summed E-state index contributed by atoms with van der Waals surface area (Å²) in [6, 6.07) is 9.57. The van der Waals surface area contributed by atoms with Gasteiger partial charge in [0, 0.05) is 18.5 Å². The van der Waals surface area contributed by atoms with Crippen LogP contribution in [0.1, 0.15) is 48.9 Å². The second-order valence-corrected chi connectivity index (χ2v) is 10.2. The molecule has 0 spiro atoms. The summed E-state index contributed by atoms with van der Waals surface area (Å²) in [7, 11) is 3.07. The van der Waals surface area contributed by atoms with Crippen LogP contribution in [0.3, 0.4) is 0 Å². The van der Waals surface area contributed by atoms with E-state index in [9.17, 15) is 14.7 Å². The van der Waals surface area contributed by atoms with Crippen molar-refractivity contribution in [2.45, 2.75) is 39.2 Å². The van der Waals surface area contributed by atoms with Crippen LogP contribution in [0.5, 0.6) is 17.2 Å². The van der Waals surface area contributed by atoms with Gasteiger partial charge in [-0.05, 0) is 54.3 Å². The number of quaternary nitrogens is 1. The van der Waals surface area contributed by atoms with Crippen molar-refractivity contribution in [3.05, 3.63) is 58.7 Å². The lowest BCUT2D eigenvalue weighted by molar-refractivity contribution is -0.908. The predicted octanol–water partition coefficient (Wildman–Crippen LogP) is 1.72. The van der Waals surface area contributed by atoms with Crippen LogP contribution in [0.4, 0.5) is 0 Å². The number of carbonyl (C=O) groups is 2. The quantitative estimate of drug-likeness (QED) is 0.185. The van der Waals surface area contributed by atoms with Crippen molar-refractivity contribution in [3.63, 3.8) is 0 Å². The van der Waals surface area contributed by atoms with Crippen LogP contribution in [0, 0.1) is 6.92 Å². The first kappa shape index (κ1) is 29.4. The van der Waals surface area contributed by atoms with Crippen LogP contribution < -0.4 is 24.2 Å². The molecule has 40 heavy (non-hydrogen) atoms. The summed E-state index contributed by atoms with van der Waals surface area (Å²) in [6.45, 7) is 9.04. The van der Waals surface area contributed by atoms with E-state index in [0.29, 0.717) is 47.9 Å². The summed E-state index contributed by atoms with van der Waals surface area (Å²) < 4.78 is 22.2. The minimum atomic E-state index is -0.826. The van der Waals surface area contributed by atoms with Crippen LogP contribution in [-0.4, -0.2) is 76.8 Å². The molecule has 2 aliphatic heterocycles. The molecule has 0 bridgehead atoms. The largest absolute Gasteiger partial charge is 0.872 e. The Bertz CT molecular complexity index is 1240. The lowest BCUT2D eigenvalue weighted by atomic mass is 9.94. The second-order valence-electron chi connectivity index (χ2n) is 10.2. The number of nitrogens with zero attached hydrogens (tertiary/aromatic N) is 1. The van der Waals surface area contributed by atoms with Gasteiger partial charge in [0.2, 0.25) is 5.78 Å². The maximum absolute atomic E-state index is 13.9. The van der Waals surface area contributed by atoms with Crippen LogP contribution in [0.15, 0.2) is 42.0 Å². The van der Waals surface area contributed by atoms with E-state index >= 15 is 0 Å². The number of Topliss-reactive ketones (excluding diaryl/α,β-unsaturated/α-hetero) is 1. The number of morpholine rings is 1. The SMILES string of the molecule is CCCCOc1ccc(/C([O-])=C2\C(=O)C(=O)N(CCC[NH+]3CCOCC3)C2c2ccc(OC)c(OC)c2)cc1C. The molecular weight excluding hydrogens is 512 g/mol. The van der Waals surface area contributed by atoms with E-state index in [-0.39, 0.29) is 5.57 Å². The molecular formula is C31H40N2O7. The molecule has 0 radical (unpaired) electrons. The van der Waals surface area contributed by atoms with Crippen LogP contribution >= 0.6 is 0 Å². The number of amides is 1. The molecule has 2 aromatic carbocycles. The summed E-state index contributed by atoms with van der Waals surface area (Å²) in [6.07, 6.45) is 2.65. The number of nitrogens with one attached hydrogen (secondary N) is 1. The summed E-state index contributed by atoms with van der Waals surface area (Å²) in [5.41, 5.74) is 1.72. The average molecular weight is 553 g/mol. The zero-order chi connectivity index (χ0) is 28.6. The molecule has 1 unspecified atom stereocenters. The van der Waals surface area contributed by atoms with Gasteiger partial charge in [0.25, 0.3) is 5.91 Å². The fourth-order valence-corrected chi connectivity index (χ4v) is 5.31. The van der Waals surface area contributed by atoms with Crippen molar-refractivity contribution in [1.82, 2.24) is 4.90 Å². The Balaban J connectivity index is 1.70. The molecule has 2 saturated heterocycles. The fraction of sp³-hybridized carbons (Fsp3) is 0.484. The van der Waals surface area contributed by atoms with Gasteiger partial charge in [-0.1, -0.05) is 31.2 Å². The molecule has 2 aliphatic rings. The highest BCUT2D eigenvalue weighted by atomic mass is 16.5. The van der Waals surface area contributed by atoms with Gasteiger partial charge in [-0.2, -0.15) is 0 Å². The minimum Gasteiger partial charge on any atom is -0.872 e. The molecule has 216 valence electrons. The first-order valence-corrected chi connectivity index (χ1v) is 14.0. The average Bonchev–Trinajstić information content (AvgIpc) is 3.23. The Labute approximate surface area is 236 Å². The van der Waals surface area contributed by atoms with Gasteiger partial charge < -0.3 is 33.9 Å². The van der Waals surface area contributed by atoms with Gasteiger partial charge in [-0.25, -0.2) is 0 Å². The number of benzene rings is 2. The van der Waals surface area contributed by atoms with Gasteiger partial charge in [-0.15, -0.1) is 0 Å². The second kappa shape index (κ2) is 13.7. The van der Waals surface area contributed by atoms with E-state index in [1.54, 1.807) is 43.5 Å². The first-order valence-electron chi connectivity index (χ1n) is 14.0. The van der Waals surface area contributed by atoms with Gasteiger partial charge in [0.1, 0.15) is 18.8 Å². The first-order chi connectivity index (χ1) is 19.4. The minimum absolute atomic E-state index is 0.0463. The Morgan fingerprint density at radius 2 is 1.75 bits per heavy atom. The third kappa shape index (κ3) is 6.42. The van der Waals surface area contributed by atoms with Gasteiger partial charge in [-0.3, -0.25) is 9.59 Å². The van der Waals surface area contributed by atoms with Gasteiger partial charge in [0.15, 0.2) is 11.5 Å². The van der Waals surface area contributed by atoms with E-state index in [2.05, 4.69) is 6.92 Å². The number of rotatable bonds is 12. The standard InChI is InChI=1S/C31H40N2O7/c1-5-6-16-40-24-10-9-23(19-21(24)2)29(34)27-28(22-8-11-25(37-3)26(20-22)38-4)33(31(36)30(27)35)13-7-12-32-14-17-39-18-15-32/h8-11,19-20,28,34H,5-7,12-18H2,1-4H3/b29-27+. The molecule has 1 atom stereocenters. The topological polar surface area (TPSA) is 102 Å². The van der Waals surface area contributed by atoms with Crippen LogP contribution in [0.2, 0.25) is 0 Å². The van der Waals surface area contributed by atoms with E-state index < -0.39 is 23.5 Å². The molecule has 0 aliphatic carbocycles. The van der Waals surface area contributed by atoms with E-state index in [0.717, 1.165) is 51.3 Å². The lowest BCUT2D eigenvalue weighted by Crippen LogP contribution is -3.14. The van der Waals surface area contributed by atoms with Gasteiger partial charge >= 0.3 is 0 Å². The Morgan fingerprint density at radius 1 is 1.02 bits per heavy atom. The molecule has 2 heterocycles. The molecule has 2 fully saturated rings. The molecule has 0 saturated carbocycles. The Kier molecular flexibility index (Phi) is 10.1. The maximum Gasteiger partial charge on any atom is 0.295 e. The van der Waals surface area contributed by atoms with Gasteiger partial charge in [0.05, 0.1) is 46.6 Å². The third-order valence-electron chi connectivity index (χ3n) is 7.57. The van der Waals surface area contributed by atoms with Crippen molar-refractivity contribution in [3.8, 4) is 17.2 Å². The highest BCUT2D eigenvalue weighted by Crippen LogP contribution is 2.41. The lowest BCUT2D eigenvalue weighted by Gasteiger charge is -2.29. The number of carbonyl (C=O) groups excluding carboxylic acids is 2. The maximum atomic E-state index is 13.9. The molecule has 9 heteroatoms. The number of unbranched alkanes of at least 4 members (excludes halogenated alkanes) is 1. The van der Waals surface area contributed by atoms with Crippen LogP contribution in [-0.2, 0) is 14.3 Å². The van der Waals surface area contributed by atoms with E-state index in [4.69, 9.17) is 18.9 Å². The predicted molar refractivity (Wildman–Crippen MR) is 149 cm³/mol. The third-order valence-corrected chi connectivity index (χ3v) is 7.57. The highest BCUT2D eigenvalue weighted by Gasteiger charge is 2.44. The summed E-state index contributed by atoms with van der Waals surface area (Å²) >= 11 is 0. The Morgan fingerprint density at radius 3 is 2.42 bits per heavy atom.